The summed E-state index contributed by atoms with van der Waals surface area (Å²) in [6.45, 7) is 1.59. The van der Waals surface area contributed by atoms with Crippen LogP contribution in [0.5, 0.6) is 5.75 Å². The zero-order valence-corrected chi connectivity index (χ0v) is 24.0. The fourth-order valence-corrected chi connectivity index (χ4v) is 7.20. The average molecular weight is 579 g/mol. The van der Waals surface area contributed by atoms with Gasteiger partial charge in [0.25, 0.3) is 0 Å². The number of nitrogens with zero attached hydrogens (tertiary/aromatic N) is 4. The highest BCUT2D eigenvalue weighted by Gasteiger charge is 2.43. The van der Waals surface area contributed by atoms with Crippen molar-refractivity contribution < 1.29 is 24.2 Å². The number of carboxylic acids is 1. The summed E-state index contributed by atoms with van der Waals surface area (Å²) < 4.78 is 8.28. The molecular weight excluding hydrogens is 544 g/mol. The summed E-state index contributed by atoms with van der Waals surface area (Å²) >= 11 is 6.73. The monoisotopic (exact) mass is 578 g/mol. The second-order valence-electron chi connectivity index (χ2n) is 11.4. The lowest BCUT2D eigenvalue weighted by atomic mass is 9.77. The number of hydrogen-bond donors (Lipinski definition) is 1. The van der Waals surface area contributed by atoms with E-state index in [0.717, 1.165) is 47.0 Å². The van der Waals surface area contributed by atoms with Crippen LogP contribution in [0.2, 0.25) is 5.02 Å². The number of fused-ring (bicyclic) bond motifs is 2. The fraction of sp³-hybridized carbons (Fsp3) is 0.484. The van der Waals surface area contributed by atoms with E-state index in [1.54, 1.807) is 4.90 Å². The van der Waals surface area contributed by atoms with Crippen LogP contribution in [0.25, 0.3) is 10.9 Å². The number of aliphatic carboxylic acids is 1. The summed E-state index contributed by atoms with van der Waals surface area (Å²) in [7, 11) is 1.90. The van der Waals surface area contributed by atoms with E-state index in [-0.39, 0.29) is 18.4 Å². The summed E-state index contributed by atoms with van der Waals surface area (Å²) in [6, 6.07) is 11.1. The lowest BCUT2D eigenvalue weighted by Gasteiger charge is -2.43. The van der Waals surface area contributed by atoms with Gasteiger partial charge in [-0.15, -0.1) is 0 Å². The number of ether oxygens (including phenoxy) is 1. The number of benzene rings is 2. The van der Waals surface area contributed by atoms with Gasteiger partial charge >= 0.3 is 5.97 Å². The van der Waals surface area contributed by atoms with Crippen molar-refractivity contribution in [3.05, 3.63) is 58.2 Å². The highest BCUT2D eigenvalue weighted by atomic mass is 35.5. The average Bonchev–Trinajstić information content (AvgIpc) is 3.54. The van der Waals surface area contributed by atoms with Gasteiger partial charge in [0.1, 0.15) is 18.1 Å². The minimum absolute atomic E-state index is 0.0649. The molecular formula is C31H35ClN4O5. The molecule has 0 unspecified atom stereocenters. The van der Waals surface area contributed by atoms with Crippen LogP contribution in [-0.2, 0) is 34.5 Å². The molecule has 1 N–H and O–H groups in total. The zero-order valence-electron chi connectivity index (χ0n) is 23.2. The van der Waals surface area contributed by atoms with Gasteiger partial charge in [-0.25, -0.2) is 0 Å². The normalized spacial score (nSPS) is 22.7. The van der Waals surface area contributed by atoms with Crippen molar-refractivity contribution in [3.8, 4) is 5.75 Å². The van der Waals surface area contributed by atoms with E-state index in [1.165, 1.54) is 0 Å². The van der Waals surface area contributed by atoms with Gasteiger partial charge < -0.3 is 19.6 Å². The Morgan fingerprint density at radius 2 is 1.83 bits per heavy atom. The van der Waals surface area contributed by atoms with E-state index < -0.39 is 23.8 Å². The number of para-hydroxylation sites is 1. The summed E-state index contributed by atoms with van der Waals surface area (Å²) in [6.07, 6.45) is 4.50. The Morgan fingerprint density at radius 1 is 1.05 bits per heavy atom. The van der Waals surface area contributed by atoms with E-state index in [1.807, 2.05) is 53.0 Å². The maximum absolute atomic E-state index is 14.1. The molecule has 3 aromatic rings. The van der Waals surface area contributed by atoms with E-state index in [2.05, 4.69) is 5.10 Å². The van der Waals surface area contributed by atoms with E-state index >= 15 is 0 Å². The van der Waals surface area contributed by atoms with Crippen LogP contribution in [0.1, 0.15) is 61.4 Å². The summed E-state index contributed by atoms with van der Waals surface area (Å²) in [5.41, 5.74) is 3.52. The molecule has 0 bridgehead atoms. The molecule has 2 aromatic carbocycles. The molecule has 1 aliphatic carbocycles. The molecule has 216 valence electrons. The standard InChI is InChI=1S/C31H35ClN4O5/c1-34-25-10-5-4-9-22(25)24(33-34)18-41-27-13-12-23(32)21-14-16-36(26(29(21)27)17-35-15-6-11-28(35)37)30(38)19-7-2-3-8-20(19)31(39)40/h4-5,9-10,12-13,19-20,26H,2-3,6-8,11,14-18H2,1H3,(H,39,40)/t19-,20+,26-/m1/s1. The maximum Gasteiger partial charge on any atom is 0.307 e. The molecule has 10 heteroatoms. The number of carboxylic acid groups (broad SMARTS) is 1. The van der Waals surface area contributed by atoms with Crippen LogP contribution in [0.3, 0.4) is 0 Å². The number of aryl methyl sites for hydroxylation is 1. The third-order valence-corrected chi connectivity index (χ3v) is 9.37. The molecule has 2 fully saturated rings. The number of amides is 2. The summed E-state index contributed by atoms with van der Waals surface area (Å²) in [5.74, 6) is -1.67. The van der Waals surface area contributed by atoms with Crippen molar-refractivity contribution in [1.82, 2.24) is 19.6 Å². The lowest BCUT2D eigenvalue weighted by Crippen LogP contribution is -2.50. The predicted molar refractivity (Wildman–Crippen MR) is 154 cm³/mol. The molecule has 41 heavy (non-hydrogen) atoms. The molecule has 3 atom stereocenters. The third-order valence-electron chi connectivity index (χ3n) is 9.02. The number of carbonyl (C=O) groups excluding carboxylic acids is 2. The Labute approximate surface area is 244 Å². The van der Waals surface area contributed by atoms with Gasteiger partial charge in [0, 0.05) is 49.1 Å². The fourth-order valence-electron chi connectivity index (χ4n) is 6.94. The first-order chi connectivity index (χ1) is 19.8. The first-order valence-corrected chi connectivity index (χ1v) is 14.9. The Bertz CT molecular complexity index is 1500. The van der Waals surface area contributed by atoms with Crippen LogP contribution >= 0.6 is 11.6 Å². The van der Waals surface area contributed by atoms with Gasteiger partial charge in [-0.2, -0.15) is 5.10 Å². The van der Waals surface area contributed by atoms with Gasteiger partial charge in [0.2, 0.25) is 11.8 Å². The largest absolute Gasteiger partial charge is 0.487 e. The van der Waals surface area contributed by atoms with Crippen molar-refractivity contribution in [2.24, 2.45) is 18.9 Å². The van der Waals surface area contributed by atoms with Crippen molar-refractivity contribution in [3.63, 3.8) is 0 Å². The SMILES string of the molecule is Cn1nc(COc2ccc(Cl)c3c2[C@@H](CN2CCCC2=O)N(C(=O)[C@@H]2CCCC[C@@H]2C(=O)O)CC3)c2ccccc21. The molecule has 2 aliphatic heterocycles. The molecule has 2 amide bonds. The van der Waals surface area contributed by atoms with Gasteiger partial charge in [0.15, 0.2) is 0 Å². The van der Waals surface area contributed by atoms with Crippen LogP contribution in [0, 0.1) is 11.8 Å². The van der Waals surface area contributed by atoms with E-state index in [0.29, 0.717) is 56.1 Å². The highest BCUT2D eigenvalue weighted by Crippen LogP contribution is 2.43. The third kappa shape index (κ3) is 5.16. The van der Waals surface area contributed by atoms with Crippen LogP contribution in [0.4, 0.5) is 0 Å². The molecule has 1 saturated heterocycles. The molecule has 9 nitrogen and oxygen atoms in total. The Hall–Kier alpha value is -3.59. The smallest absolute Gasteiger partial charge is 0.307 e. The number of rotatable bonds is 7. The Morgan fingerprint density at radius 3 is 2.59 bits per heavy atom. The number of carbonyl (C=O) groups is 3. The van der Waals surface area contributed by atoms with Crippen molar-refractivity contribution in [1.29, 1.82) is 0 Å². The maximum atomic E-state index is 14.1. The van der Waals surface area contributed by atoms with E-state index in [4.69, 9.17) is 16.3 Å². The number of halogens is 1. The second-order valence-corrected chi connectivity index (χ2v) is 11.8. The molecule has 3 heterocycles. The number of likely N-dealkylation sites (tertiary alicyclic amines) is 1. The summed E-state index contributed by atoms with van der Waals surface area (Å²) in [4.78, 5) is 42.6. The number of aromatic nitrogens is 2. The van der Waals surface area contributed by atoms with E-state index in [9.17, 15) is 19.5 Å². The molecule has 1 saturated carbocycles. The molecule has 0 spiro atoms. The van der Waals surface area contributed by atoms with Crippen LogP contribution in [-0.4, -0.2) is 62.1 Å². The molecule has 6 rings (SSSR count). The van der Waals surface area contributed by atoms with Gasteiger partial charge in [-0.1, -0.05) is 42.6 Å². The van der Waals surface area contributed by atoms with Gasteiger partial charge in [-0.05, 0) is 49.4 Å². The minimum atomic E-state index is -0.915. The molecule has 0 radical (unpaired) electrons. The predicted octanol–water partition coefficient (Wildman–Crippen LogP) is 4.74. The number of hydrogen-bond acceptors (Lipinski definition) is 5. The van der Waals surface area contributed by atoms with Crippen molar-refractivity contribution >= 4 is 40.3 Å². The van der Waals surface area contributed by atoms with Crippen molar-refractivity contribution in [2.75, 3.05) is 19.6 Å². The Balaban J connectivity index is 1.37. The quantitative estimate of drug-likeness (QED) is 0.434. The minimum Gasteiger partial charge on any atom is -0.487 e. The second kappa shape index (κ2) is 11.4. The van der Waals surface area contributed by atoms with Gasteiger partial charge in [-0.3, -0.25) is 19.1 Å². The van der Waals surface area contributed by atoms with Gasteiger partial charge in [0.05, 0.1) is 23.4 Å². The lowest BCUT2D eigenvalue weighted by molar-refractivity contribution is -0.154. The van der Waals surface area contributed by atoms with Crippen molar-refractivity contribution in [2.45, 2.75) is 57.6 Å². The first-order valence-electron chi connectivity index (χ1n) is 14.5. The topological polar surface area (TPSA) is 105 Å². The molecule has 3 aliphatic rings. The Kier molecular flexibility index (Phi) is 7.64. The van der Waals surface area contributed by atoms with Crippen LogP contribution in [0.15, 0.2) is 36.4 Å². The first kappa shape index (κ1) is 27.6. The molecule has 1 aromatic heterocycles. The summed E-state index contributed by atoms with van der Waals surface area (Å²) in [5, 5.41) is 16.2. The highest BCUT2D eigenvalue weighted by molar-refractivity contribution is 6.31. The zero-order chi connectivity index (χ0) is 28.7. The van der Waals surface area contributed by atoms with Crippen LogP contribution < -0.4 is 4.74 Å².